The molecule has 52 heavy (non-hydrogen) atoms. The summed E-state index contributed by atoms with van der Waals surface area (Å²) < 4.78 is 14.7. The molecule has 0 aromatic carbocycles. The predicted octanol–water partition coefficient (Wildman–Crippen LogP) is 8.84. The lowest BCUT2D eigenvalue weighted by atomic mass is 9.94. The van der Waals surface area contributed by atoms with Crippen molar-refractivity contribution in [3.8, 4) is 0 Å². The molecule has 0 saturated heterocycles. The lowest BCUT2D eigenvalue weighted by Crippen LogP contribution is -2.10. The number of allylic oxidation sites excluding steroid dienone is 4. The summed E-state index contributed by atoms with van der Waals surface area (Å²) in [7, 11) is 4.19. The predicted molar refractivity (Wildman–Crippen MR) is 219 cm³/mol. The molecule has 4 rings (SSSR count). The first-order chi connectivity index (χ1) is 23.8. The zero-order chi connectivity index (χ0) is 36.7. The van der Waals surface area contributed by atoms with Crippen LogP contribution in [0, 0.1) is 27.7 Å². The highest BCUT2D eigenvalue weighted by Gasteiger charge is 2.28. The smallest absolute Gasteiger partial charge is 0.305 e. The third-order valence-corrected chi connectivity index (χ3v) is 10.1. The molecule has 10 nitrogen and oxygen atoms in total. The molecule has 0 fully saturated rings. The topological polar surface area (TPSA) is 135 Å². The third-order valence-electron chi connectivity index (χ3n) is 9.88. The van der Waals surface area contributed by atoms with E-state index in [4.69, 9.17) is 35.8 Å². The summed E-state index contributed by atoms with van der Waals surface area (Å²) in [5.41, 5.74) is 15.7. The number of rotatable bonds is 15. The molecule has 2 aliphatic rings. The molecule has 13 heteroatoms. The number of esters is 3. The number of aromatic nitrogens is 2. The number of carbonyl (C=O) groups is 3. The normalized spacial score (nSPS) is 15.5. The van der Waals surface area contributed by atoms with Crippen molar-refractivity contribution >= 4 is 87.0 Å². The minimum Gasteiger partial charge on any atom is -0.469 e. The van der Waals surface area contributed by atoms with Gasteiger partial charge in [-0.15, -0.1) is 45.6 Å². The lowest BCUT2D eigenvalue weighted by Gasteiger charge is -2.08. The molecule has 4 heterocycles. The van der Waals surface area contributed by atoms with Gasteiger partial charge in [-0.2, -0.15) is 0 Å². The molecular formula is C39H51Br2ClN4O6. The Bertz CT molecular complexity index is 1880. The monoisotopic (exact) mass is 864 g/mol. The minimum absolute atomic E-state index is 0. The van der Waals surface area contributed by atoms with E-state index in [1.807, 2.05) is 33.8 Å². The summed E-state index contributed by atoms with van der Waals surface area (Å²) in [6.45, 7) is 12.2. The first-order valence-electron chi connectivity index (χ1n) is 16.9. The minimum atomic E-state index is -0.290. The van der Waals surface area contributed by atoms with Gasteiger partial charge < -0.3 is 24.2 Å². The molecule has 284 valence electrons. The summed E-state index contributed by atoms with van der Waals surface area (Å²) in [5, 5.41) is 0. The Kier molecular flexibility index (Phi) is 17.3. The van der Waals surface area contributed by atoms with Crippen molar-refractivity contribution in [1.29, 1.82) is 0 Å². The maximum Gasteiger partial charge on any atom is 0.305 e. The Morgan fingerprint density at radius 1 is 0.615 bits per heavy atom. The third kappa shape index (κ3) is 10.3. The van der Waals surface area contributed by atoms with Crippen molar-refractivity contribution in [3.63, 3.8) is 0 Å². The van der Waals surface area contributed by atoms with Crippen LogP contribution in [-0.4, -0.2) is 66.5 Å². The quantitative estimate of drug-likeness (QED) is 0.104. The standard InChI is InChI=1S/C39H49ClN4O6.2BrH/c1-21-25(5)41-33(27(21)10-13-37(45)48-7)18-31-24(4)30(16-17-40)35(43-31)19-32-23(3)29(12-15-39(47)50-9)36(44-32)20-34-28(11-14-38(46)49-8)22(2)26(6)42-34;;/h18,20,41-42H,10-17,19H2,1-9H3;2*1H/b31-18+,36-20-;;. The van der Waals surface area contributed by atoms with Crippen LogP contribution in [0.2, 0.25) is 0 Å². The summed E-state index contributed by atoms with van der Waals surface area (Å²) in [4.78, 5) is 53.4. The van der Waals surface area contributed by atoms with Crippen LogP contribution in [-0.2, 0) is 41.4 Å². The Labute approximate surface area is 332 Å². The number of aromatic amines is 2. The number of hydrogen-bond donors (Lipinski definition) is 2. The van der Waals surface area contributed by atoms with Gasteiger partial charge in [0.05, 0.1) is 44.1 Å². The second-order valence-corrected chi connectivity index (χ2v) is 13.1. The Balaban J connectivity index is 0.00000468. The van der Waals surface area contributed by atoms with Gasteiger partial charge in [0.1, 0.15) is 0 Å². The molecule has 0 amide bonds. The first kappa shape index (κ1) is 44.7. The summed E-state index contributed by atoms with van der Waals surface area (Å²) in [6, 6.07) is 0. The van der Waals surface area contributed by atoms with Crippen LogP contribution in [0.4, 0.5) is 0 Å². The zero-order valence-corrected chi connectivity index (χ0v) is 35.7. The molecule has 2 aromatic heterocycles. The second-order valence-electron chi connectivity index (χ2n) is 12.8. The number of H-pyrrole nitrogens is 2. The summed E-state index contributed by atoms with van der Waals surface area (Å²) in [5.74, 6) is -0.358. The van der Waals surface area contributed by atoms with Crippen LogP contribution >= 0.6 is 45.6 Å². The van der Waals surface area contributed by atoms with Crippen molar-refractivity contribution < 1.29 is 28.6 Å². The number of ether oxygens (including phenoxy) is 3. The molecule has 0 aliphatic carbocycles. The number of alkyl halides is 1. The molecule has 0 radical (unpaired) electrons. The fourth-order valence-electron chi connectivity index (χ4n) is 6.56. The van der Waals surface area contributed by atoms with Gasteiger partial charge in [-0.1, -0.05) is 0 Å². The van der Waals surface area contributed by atoms with Crippen molar-refractivity contribution in [1.82, 2.24) is 9.97 Å². The number of hydrogen-bond acceptors (Lipinski definition) is 8. The number of methoxy groups -OCH3 is 3. The SMILES string of the molecule is Br.Br.COC(=O)CCC1=C(C)C(CC2=N/C(=C/c3[nH]c(C)c(C)c3CCC(=O)OC)C(C)=C2CCCl)=N/C1=C\c1[nH]c(C)c(C)c1CCC(=O)OC. The van der Waals surface area contributed by atoms with E-state index in [9.17, 15) is 14.4 Å². The fraction of sp³-hybridized carbons (Fsp3) is 0.462. The highest BCUT2D eigenvalue weighted by molar-refractivity contribution is 8.93. The molecule has 0 bridgehead atoms. The Hall–Kier alpha value is -3.48. The van der Waals surface area contributed by atoms with Gasteiger partial charge in [-0.3, -0.25) is 24.4 Å². The van der Waals surface area contributed by atoms with E-state index in [0.717, 1.165) is 90.1 Å². The van der Waals surface area contributed by atoms with Gasteiger partial charge in [0, 0.05) is 54.3 Å². The number of carbonyl (C=O) groups excluding carboxylic acids is 3. The Morgan fingerprint density at radius 3 is 1.52 bits per heavy atom. The molecule has 2 aliphatic heterocycles. The van der Waals surface area contributed by atoms with Crippen molar-refractivity contribution in [2.75, 3.05) is 27.2 Å². The van der Waals surface area contributed by atoms with E-state index in [0.29, 0.717) is 44.4 Å². The van der Waals surface area contributed by atoms with Gasteiger partial charge in [-0.05, 0) is 124 Å². The van der Waals surface area contributed by atoms with E-state index < -0.39 is 0 Å². The first-order valence-corrected chi connectivity index (χ1v) is 17.5. The molecule has 2 N–H and O–H groups in total. The van der Waals surface area contributed by atoms with Gasteiger partial charge >= 0.3 is 17.9 Å². The van der Waals surface area contributed by atoms with Crippen LogP contribution in [0.5, 0.6) is 0 Å². The number of nitrogens with zero attached hydrogens (tertiary/aromatic N) is 2. The average Bonchev–Trinajstić information content (AvgIpc) is 3.74. The molecular weight excluding hydrogens is 816 g/mol. The highest BCUT2D eigenvalue weighted by Crippen LogP contribution is 2.37. The number of halogens is 3. The summed E-state index contributed by atoms with van der Waals surface area (Å²) in [6.07, 6.45) is 7.55. The van der Waals surface area contributed by atoms with E-state index in [1.165, 1.54) is 21.3 Å². The van der Waals surface area contributed by atoms with Crippen LogP contribution in [0.25, 0.3) is 12.2 Å². The van der Waals surface area contributed by atoms with Crippen LogP contribution in [0.3, 0.4) is 0 Å². The second kappa shape index (κ2) is 20.1. The van der Waals surface area contributed by atoms with Crippen molar-refractivity contribution in [2.45, 2.75) is 92.9 Å². The van der Waals surface area contributed by atoms with E-state index in [-0.39, 0.29) is 64.7 Å². The zero-order valence-electron chi connectivity index (χ0n) is 31.6. The van der Waals surface area contributed by atoms with Crippen molar-refractivity contribution in [3.05, 3.63) is 78.7 Å². The van der Waals surface area contributed by atoms with E-state index in [1.54, 1.807) is 0 Å². The largest absolute Gasteiger partial charge is 0.469 e. The highest BCUT2D eigenvalue weighted by atomic mass is 79.9. The van der Waals surface area contributed by atoms with Gasteiger partial charge in [0.25, 0.3) is 0 Å². The number of aliphatic imine (C=N–C) groups is 2. The summed E-state index contributed by atoms with van der Waals surface area (Å²) >= 11 is 6.32. The maximum absolute atomic E-state index is 12.2. The van der Waals surface area contributed by atoms with E-state index >= 15 is 0 Å². The Morgan fingerprint density at radius 2 is 1.06 bits per heavy atom. The van der Waals surface area contributed by atoms with Gasteiger partial charge in [0.2, 0.25) is 0 Å². The fourth-order valence-corrected chi connectivity index (χ4v) is 6.75. The van der Waals surface area contributed by atoms with Crippen molar-refractivity contribution in [2.24, 2.45) is 9.98 Å². The molecule has 2 aromatic rings. The number of aryl methyl sites for hydroxylation is 2. The lowest BCUT2D eigenvalue weighted by molar-refractivity contribution is -0.141. The molecule has 0 spiro atoms. The van der Waals surface area contributed by atoms with Gasteiger partial charge in [0.15, 0.2) is 0 Å². The molecule has 0 saturated carbocycles. The number of nitrogens with one attached hydrogen (secondary N) is 2. The van der Waals surface area contributed by atoms with Crippen LogP contribution < -0.4 is 0 Å². The van der Waals surface area contributed by atoms with E-state index in [2.05, 4.69) is 29.9 Å². The van der Waals surface area contributed by atoms with Crippen LogP contribution in [0.1, 0.15) is 97.4 Å². The molecule has 0 unspecified atom stereocenters. The van der Waals surface area contributed by atoms with Gasteiger partial charge in [-0.25, -0.2) is 0 Å². The maximum atomic E-state index is 12.2. The average molecular weight is 867 g/mol. The molecule has 0 atom stereocenters. The van der Waals surface area contributed by atoms with Crippen LogP contribution in [0.15, 0.2) is 43.7 Å².